The highest BCUT2D eigenvalue weighted by atomic mass is 19.4. The number of alkyl halides is 6. The third-order valence-corrected chi connectivity index (χ3v) is 11.0. The number of benzene rings is 2. The molecule has 6 aliphatic heterocycles. The van der Waals surface area contributed by atoms with Gasteiger partial charge in [-0.05, 0) is 64.1 Å². The van der Waals surface area contributed by atoms with Crippen LogP contribution in [0.5, 0.6) is 0 Å². The predicted molar refractivity (Wildman–Crippen MR) is 157 cm³/mol. The highest BCUT2D eigenvalue weighted by molar-refractivity contribution is 6.26. The normalized spacial score (nSPS) is 37.2. The highest BCUT2D eigenvalue weighted by Crippen LogP contribution is 2.61. The first-order chi connectivity index (χ1) is 23.0. The zero-order chi connectivity index (χ0) is 36.7. The van der Waals surface area contributed by atoms with Gasteiger partial charge in [-0.2, -0.15) is 26.3 Å². The van der Waals surface area contributed by atoms with Gasteiger partial charge in [0.25, 0.3) is 0 Å². The van der Waals surface area contributed by atoms with Crippen molar-refractivity contribution in [2.24, 2.45) is 23.7 Å². The van der Waals surface area contributed by atoms with E-state index in [9.17, 15) is 55.1 Å². The van der Waals surface area contributed by atoms with Crippen molar-refractivity contribution >= 4 is 46.6 Å². The van der Waals surface area contributed by atoms with Crippen LogP contribution < -0.4 is 9.80 Å². The van der Waals surface area contributed by atoms with Gasteiger partial charge in [0.15, 0.2) is 11.6 Å². The molecule has 0 saturated carbocycles. The summed E-state index contributed by atoms with van der Waals surface area (Å²) < 4.78 is 89.1. The van der Waals surface area contributed by atoms with Crippen molar-refractivity contribution in [3.05, 3.63) is 59.7 Å². The quantitative estimate of drug-likeness (QED) is 0.326. The van der Waals surface area contributed by atoms with Gasteiger partial charge in [0, 0.05) is 12.8 Å². The van der Waals surface area contributed by atoms with E-state index in [1.54, 1.807) is 13.8 Å². The maximum atomic E-state index is 12.9. The third kappa shape index (κ3) is 4.42. The molecule has 10 nitrogen and oxygen atoms in total. The molecule has 6 fully saturated rings. The minimum atomic E-state index is -4.59. The smallest absolute Gasteiger partial charge is 0.359 e. The van der Waals surface area contributed by atoms with Gasteiger partial charge in [-0.15, -0.1) is 0 Å². The van der Waals surface area contributed by atoms with E-state index in [-0.39, 0.29) is 35.8 Å². The van der Waals surface area contributed by atoms with Crippen LogP contribution >= 0.6 is 0 Å². The van der Waals surface area contributed by atoms with Crippen molar-refractivity contribution in [1.29, 1.82) is 0 Å². The lowest BCUT2D eigenvalue weighted by Gasteiger charge is -2.26. The van der Waals surface area contributed by atoms with Crippen LogP contribution in [-0.2, 0) is 50.6 Å². The SMILES string of the molecule is CC12CC(=O)C(C)(O1)[C@H]1C(=O)N(c3cccc(C(F)(F)F)c3)C(=O)[C@H]12.CC12CC(=O)C(C)(O1)[C@H]1C(=O)N(c3cccc(C(F)(F)F)c3)C(=O)[C@H]12. The number of ketones is 2. The Balaban J connectivity index is 0.000000157. The summed E-state index contributed by atoms with van der Waals surface area (Å²) in [5.74, 6) is -6.86. The molecule has 16 heteroatoms. The summed E-state index contributed by atoms with van der Waals surface area (Å²) in [6.07, 6.45) is -9.15. The monoisotopic (exact) mass is 706 g/mol. The summed E-state index contributed by atoms with van der Waals surface area (Å²) in [5, 5.41) is 0. The van der Waals surface area contributed by atoms with Crippen LogP contribution in [0.2, 0.25) is 0 Å². The molecule has 50 heavy (non-hydrogen) atoms. The number of ether oxygens (including phenoxy) is 2. The first-order valence-electron chi connectivity index (χ1n) is 15.5. The fourth-order valence-corrected chi connectivity index (χ4v) is 8.79. The zero-order valence-electron chi connectivity index (χ0n) is 26.8. The van der Waals surface area contributed by atoms with Crippen LogP contribution in [-0.4, -0.2) is 57.6 Å². The van der Waals surface area contributed by atoms with E-state index < -0.39 is 93.2 Å². The van der Waals surface area contributed by atoms with Gasteiger partial charge in [-0.25, -0.2) is 9.80 Å². The molecule has 0 spiro atoms. The maximum absolute atomic E-state index is 12.9. The Morgan fingerprint density at radius 2 is 0.880 bits per heavy atom. The van der Waals surface area contributed by atoms with Gasteiger partial charge in [0.1, 0.15) is 11.2 Å². The lowest BCUT2D eigenvalue weighted by Crippen LogP contribution is -2.46. The average molecular weight is 707 g/mol. The number of imide groups is 2. The summed E-state index contributed by atoms with van der Waals surface area (Å²) in [5.41, 5.74) is -7.17. The number of hydrogen-bond acceptors (Lipinski definition) is 8. The van der Waals surface area contributed by atoms with Crippen LogP contribution in [0.4, 0.5) is 37.7 Å². The zero-order valence-corrected chi connectivity index (χ0v) is 26.8. The second kappa shape index (κ2) is 10.1. The largest absolute Gasteiger partial charge is 0.416 e. The van der Waals surface area contributed by atoms with Crippen molar-refractivity contribution in [2.75, 3.05) is 9.80 Å². The standard InChI is InChI=1S/2C17H14F3NO4/c2*1-15-7-10(22)16(2,25-15)12-11(15)13(23)21(14(12)24)9-5-3-4-8(6-9)17(18,19)20/h2*3-6,11-12H,7H2,1-2H3/t2*11-,12+,15?,16?/m00/s1. The second-order valence-corrected chi connectivity index (χ2v) is 14.3. The van der Waals surface area contributed by atoms with Gasteiger partial charge in [-0.3, -0.25) is 28.8 Å². The van der Waals surface area contributed by atoms with E-state index in [0.29, 0.717) is 0 Å². The fraction of sp³-hybridized carbons (Fsp3) is 0.471. The van der Waals surface area contributed by atoms with E-state index in [1.165, 1.54) is 26.0 Å². The number of rotatable bonds is 2. The average Bonchev–Trinajstić information content (AvgIpc) is 3.73. The van der Waals surface area contributed by atoms with Crippen LogP contribution in [0.25, 0.3) is 0 Å². The Hall–Kier alpha value is -4.44. The van der Waals surface area contributed by atoms with Crippen molar-refractivity contribution in [3.8, 4) is 0 Å². The summed E-state index contributed by atoms with van der Waals surface area (Å²) >= 11 is 0. The van der Waals surface area contributed by atoms with E-state index in [4.69, 9.17) is 9.47 Å². The lowest BCUT2D eigenvalue weighted by molar-refractivity contribution is -0.140. The molecule has 6 heterocycles. The highest BCUT2D eigenvalue weighted by Gasteiger charge is 2.77. The van der Waals surface area contributed by atoms with Gasteiger partial charge in [0.05, 0.1) is 57.4 Å². The Labute approximate surface area is 279 Å². The molecule has 4 unspecified atom stereocenters. The minimum absolute atomic E-state index is 0.0140. The first-order valence-corrected chi connectivity index (χ1v) is 15.5. The number of fused-ring (bicyclic) bond motifs is 10. The van der Waals surface area contributed by atoms with E-state index in [1.807, 2.05) is 0 Å². The number of halogens is 6. The van der Waals surface area contributed by atoms with Crippen molar-refractivity contribution in [1.82, 2.24) is 0 Å². The molecular weight excluding hydrogens is 678 g/mol. The summed E-state index contributed by atoms with van der Waals surface area (Å²) in [7, 11) is 0. The minimum Gasteiger partial charge on any atom is -0.359 e. The number of hydrogen-bond donors (Lipinski definition) is 0. The Morgan fingerprint density at radius 3 is 1.20 bits per heavy atom. The van der Waals surface area contributed by atoms with E-state index >= 15 is 0 Å². The van der Waals surface area contributed by atoms with Crippen LogP contribution in [0.15, 0.2) is 48.5 Å². The molecule has 6 aliphatic rings. The maximum Gasteiger partial charge on any atom is 0.416 e. The predicted octanol–water partition coefficient (Wildman–Crippen LogP) is 4.66. The molecule has 6 saturated heterocycles. The summed E-state index contributed by atoms with van der Waals surface area (Å²) in [6, 6.07) is 8.13. The summed E-state index contributed by atoms with van der Waals surface area (Å²) in [4.78, 5) is 77.3. The molecule has 4 bridgehead atoms. The molecule has 0 aromatic heterocycles. The van der Waals surface area contributed by atoms with Crippen LogP contribution in [0.1, 0.15) is 51.7 Å². The molecule has 264 valence electrons. The molecule has 2 aromatic rings. The Bertz CT molecular complexity index is 1810. The van der Waals surface area contributed by atoms with Crippen molar-refractivity contribution in [3.63, 3.8) is 0 Å². The number of carbonyl (C=O) groups excluding carboxylic acids is 6. The van der Waals surface area contributed by atoms with Crippen LogP contribution in [0, 0.1) is 23.7 Å². The third-order valence-electron chi connectivity index (χ3n) is 11.0. The Kier molecular flexibility index (Phi) is 6.86. The van der Waals surface area contributed by atoms with Gasteiger partial charge >= 0.3 is 12.4 Å². The van der Waals surface area contributed by atoms with Crippen molar-refractivity contribution in [2.45, 2.75) is 75.3 Å². The molecule has 2 aromatic carbocycles. The topological polar surface area (TPSA) is 127 Å². The second-order valence-electron chi connectivity index (χ2n) is 14.3. The molecular formula is C34H28F6N2O8. The first kappa shape index (κ1) is 34.0. The molecule has 0 radical (unpaired) electrons. The molecule has 4 amide bonds. The number of anilines is 2. The van der Waals surface area contributed by atoms with Gasteiger partial charge < -0.3 is 9.47 Å². The molecule has 0 N–H and O–H groups in total. The van der Waals surface area contributed by atoms with E-state index in [0.717, 1.165) is 46.2 Å². The van der Waals surface area contributed by atoms with Crippen molar-refractivity contribution < 1.29 is 64.6 Å². The van der Waals surface area contributed by atoms with Gasteiger partial charge in [0.2, 0.25) is 23.6 Å². The Morgan fingerprint density at radius 1 is 0.560 bits per heavy atom. The van der Waals surface area contributed by atoms with Gasteiger partial charge in [-0.1, -0.05) is 12.1 Å². The number of carbonyl (C=O) groups is 6. The summed E-state index contributed by atoms with van der Waals surface area (Å²) in [6.45, 7) is 6.15. The number of amides is 4. The number of Topliss-reactive ketones (excluding diaryl/α,β-unsaturated/α-hetero) is 2. The van der Waals surface area contributed by atoms with Crippen LogP contribution in [0.3, 0.4) is 0 Å². The number of nitrogens with zero attached hydrogens (tertiary/aromatic N) is 2. The fourth-order valence-electron chi connectivity index (χ4n) is 8.79. The molecule has 0 aliphatic carbocycles. The molecule has 8 atom stereocenters. The molecule has 8 rings (SSSR count). The van der Waals surface area contributed by atoms with E-state index in [2.05, 4.69) is 0 Å². The lowest BCUT2D eigenvalue weighted by atomic mass is 9.68.